The van der Waals surface area contributed by atoms with Crippen LogP contribution in [0.2, 0.25) is 0 Å². The summed E-state index contributed by atoms with van der Waals surface area (Å²) >= 11 is 13.1. The molecule has 0 saturated heterocycles. The highest BCUT2D eigenvalue weighted by atomic mass is 79.9. The molecular weight excluding hydrogens is 412 g/mol. The van der Waals surface area contributed by atoms with E-state index in [1.807, 2.05) is 0 Å². The Kier molecular flexibility index (Phi) is 7.37. The Labute approximate surface area is 99.3 Å². The van der Waals surface area contributed by atoms with Crippen LogP contribution >= 0.6 is 63.7 Å². The van der Waals surface area contributed by atoms with Gasteiger partial charge in [-0.2, -0.15) is 0 Å². The fraction of sp³-hybridized carbons (Fsp3) is 1.00. The number of rotatable bonds is 4. The van der Waals surface area contributed by atoms with Gasteiger partial charge < -0.3 is 10.2 Å². The molecule has 0 radical (unpaired) electrons. The number of aliphatic hydroxyl groups excluding tert-OH is 1. The average molecular weight is 420 g/mol. The first-order chi connectivity index (χ1) is 5.00. The lowest BCUT2D eigenvalue weighted by molar-refractivity contribution is -0.0381. The van der Waals surface area contributed by atoms with E-state index in [2.05, 4.69) is 63.7 Å². The van der Waals surface area contributed by atoms with Crippen LogP contribution < -0.4 is 0 Å². The molecule has 6 heteroatoms. The second-order valence-electron chi connectivity index (χ2n) is 1.97. The van der Waals surface area contributed by atoms with Crippen molar-refractivity contribution in [1.29, 1.82) is 0 Å². The topological polar surface area (TPSA) is 40.5 Å². The molecule has 11 heavy (non-hydrogen) atoms. The van der Waals surface area contributed by atoms with Gasteiger partial charge in [0.15, 0.2) is 6.29 Å². The number of aliphatic hydroxyl groups is 2. The fourth-order valence-corrected chi connectivity index (χ4v) is 2.92. The van der Waals surface area contributed by atoms with Crippen LogP contribution in [0.5, 0.6) is 0 Å². The van der Waals surface area contributed by atoms with Crippen LogP contribution in [-0.2, 0) is 0 Å². The van der Waals surface area contributed by atoms with E-state index >= 15 is 0 Å². The van der Waals surface area contributed by atoms with E-state index < -0.39 is 6.29 Å². The number of halogens is 4. The summed E-state index contributed by atoms with van der Waals surface area (Å²) < 4.78 is 0. The maximum atomic E-state index is 8.78. The van der Waals surface area contributed by atoms with Gasteiger partial charge >= 0.3 is 0 Å². The molecule has 0 rings (SSSR count). The number of alkyl halides is 4. The first kappa shape index (κ1) is 12.8. The zero-order chi connectivity index (χ0) is 9.02. The summed E-state index contributed by atoms with van der Waals surface area (Å²) in [6, 6.07) is 0. The van der Waals surface area contributed by atoms with Gasteiger partial charge in [-0.25, -0.2) is 0 Å². The van der Waals surface area contributed by atoms with Crippen molar-refractivity contribution in [3.63, 3.8) is 0 Å². The quantitative estimate of drug-likeness (QED) is 0.540. The maximum absolute atomic E-state index is 8.78. The third-order valence-corrected chi connectivity index (χ3v) is 7.21. The predicted molar refractivity (Wildman–Crippen MR) is 60.2 cm³/mol. The summed E-state index contributed by atoms with van der Waals surface area (Å²) in [6.07, 6.45) is -1.35. The molecule has 0 bridgehead atoms. The molecule has 3 unspecified atom stereocenters. The van der Waals surface area contributed by atoms with Crippen molar-refractivity contribution in [3.05, 3.63) is 0 Å². The molecule has 0 spiro atoms. The van der Waals surface area contributed by atoms with Gasteiger partial charge in [0.25, 0.3) is 0 Å². The maximum Gasteiger partial charge on any atom is 0.165 e. The highest BCUT2D eigenvalue weighted by Crippen LogP contribution is 2.25. The summed E-state index contributed by atoms with van der Waals surface area (Å²) in [5, 5.41) is 18.3. The first-order valence-electron chi connectivity index (χ1n) is 2.85. The standard InChI is InChI=1S/C5H8Br4O2/c6-1-2(7)3(8)4(9)5(10)11/h2-5,10-11H,1H2. The molecule has 0 amide bonds. The van der Waals surface area contributed by atoms with Crippen molar-refractivity contribution in [2.45, 2.75) is 20.8 Å². The van der Waals surface area contributed by atoms with Crippen LogP contribution in [0.4, 0.5) is 0 Å². The molecule has 0 fully saturated rings. The van der Waals surface area contributed by atoms with Gasteiger partial charge in [0.05, 0.1) is 4.83 Å². The Hall–Kier alpha value is 1.84. The SMILES string of the molecule is OC(O)C(Br)C(Br)C(Br)CBr. The van der Waals surface area contributed by atoms with Gasteiger partial charge in [-0.15, -0.1) is 0 Å². The van der Waals surface area contributed by atoms with Crippen molar-refractivity contribution in [1.82, 2.24) is 0 Å². The Bertz CT molecular complexity index is 111. The third kappa shape index (κ3) is 4.57. The van der Waals surface area contributed by atoms with Gasteiger partial charge in [-0.3, -0.25) is 0 Å². The molecule has 0 aromatic rings. The lowest BCUT2D eigenvalue weighted by Gasteiger charge is -2.21. The molecule has 0 aliphatic carbocycles. The Morgan fingerprint density at radius 3 is 1.73 bits per heavy atom. The molecule has 0 saturated carbocycles. The van der Waals surface area contributed by atoms with E-state index in [0.717, 1.165) is 5.33 Å². The summed E-state index contributed by atoms with van der Waals surface area (Å²) in [5.41, 5.74) is 0. The highest BCUT2D eigenvalue weighted by molar-refractivity contribution is 9.14. The zero-order valence-electron chi connectivity index (χ0n) is 5.42. The minimum absolute atomic E-state index is 0.0260. The third-order valence-electron chi connectivity index (χ3n) is 1.08. The zero-order valence-corrected chi connectivity index (χ0v) is 11.8. The summed E-state index contributed by atoms with van der Waals surface area (Å²) in [6.45, 7) is 0. The summed E-state index contributed by atoms with van der Waals surface area (Å²) in [4.78, 5) is -0.236. The van der Waals surface area contributed by atoms with Crippen molar-refractivity contribution in [3.8, 4) is 0 Å². The first-order valence-corrected chi connectivity index (χ1v) is 6.72. The van der Waals surface area contributed by atoms with Crippen molar-refractivity contribution >= 4 is 63.7 Å². The van der Waals surface area contributed by atoms with Crippen molar-refractivity contribution in [2.75, 3.05) is 5.33 Å². The second-order valence-corrected chi connectivity index (χ2v) is 5.91. The molecule has 0 heterocycles. The lowest BCUT2D eigenvalue weighted by Crippen LogP contribution is -2.34. The predicted octanol–water partition coefficient (Wildman–Crippen LogP) is 1.98. The van der Waals surface area contributed by atoms with Crippen molar-refractivity contribution < 1.29 is 10.2 Å². The van der Waals surface area contributed by atoms with Crippen molar-refractivity contribution in [2.24, 2.45) is 0 Å². The molecule has 0 aliphatic heterocycles. The number of hydrogen-bond donors (Lipinski definition) is 2. The Morgan fingerprint density at radius 1 is 1.00 bits per heavy atom. The van der Waals surface area contributed by atoms with E-state index in [9.17, 15) is 0 Å². The second kappa shape index (κ2) is 6.32. The molecule has 3 atom stereocenters. The average Bonchev–Trinajstić information content (AvgIpc) is 2.00. The van der Waals surface area contributed by atoms with Gasteiger partial charge in [0.2, 0.25) is 0 Å². The van der Waals surface area contributed by atoms with Crippen LogP contribution in [0, 0.1) is 0 Å². The Balaban J connectivity index is 3.90. The highest BCUT2D eigenvalue weighted by Gasteiger charge is 2.27. The molecular formula is C5H8Br4O2. The smallest absolute Gasteiger partial charge is 0.165 e. The minimum Gasteiger partial charge on any atom is -0.367 e. The van der Waals surface area contributed by atoms with E-state index in [0.29, 0.717) is 0 Å². The van der Waals surface area contributed by atoms with Gasteiger partial charge in [-0.1, -0.05) is 63.7 Å². The molecule has 0 aromatic carbocycles. The van der Waals surface area contributed by atoms with Crippen LogP contribution in [0.3, 0.4) is 0 Å². The van der Waals surface area contributed by atoms with E-state index in [1.165, 1.54) is 0 Å². The van der Waals surface area contributed by atoms with Crippen LogP contribution in [-0.4, -0.2) is 36.3 Å². The van der Waals surface area contributed by atoms with E-state index in [-0.39, 0.29) is 14.5 Å². The molecule has 2 nitrogen and oxygen atoms in total. The molecule has 68 valence electrons. The van der Waals surface area contributed by atoms with Crippen LogP contribution in [0.1, 0.15) is 0 Å². The van der Waals surface area contributed by atoms with E-state index in [4.69, 9.17) is 10.2 Å². The normalized spacial score (nSPS) is 19.9. The monoisotopic (exact) mass is 416 g/mol. The van der Waals surface area contributed by atoms with Gasteiger partial charge in [0.1, 0.15) is 0 Å². The summed E-state index contributed by atoms with van der Waals surface area (Å²) in [7, 11) is 0. The molecule has 0 aromatic heterocycles. The molecule has 0 aliphatic rings. The summed E-state index contributed by atoms with van der Waals surface area (Å²) in [5.74, 6) is 0. The lowest BCUT2D eigenvalue weighted by atomic mass is 10.2. The van der Waals surface area contributed by atoms with Gasteiger partial charge in [-0.05, 0) is 0 Å². The van der Waals surface area contributed by atoms with E-state index in [1.54, 1.807) is 0 Å². The number of hydrogen-bond acceptors (Lipinski definition) is 2. The fourth-order valence-electron chi connectivity index (χ4n) is 0.449. The van der Waals surface area contributed by atoms with Crippen LogP contribution in [0.15, 0.2) is 0 Å². The Morgan fingerprint density at radius 2 is 1.45 bits per heavy atom. The minimum atomic E-state index is -1.35. The largest absolute Gasteiger partial charge is 0.367 e. The van der Waals surface area contributed by atoms with Gasteiger partial charge in [0, 0.05) is 15.0 Å². The van der Waals surface area contributed by atoms with Crippen LogP contribution in [0.25, 0.3) is 0 Å². The molecule has 2 N–H and O–H groups in total.